The number of sulfone groups is 1. The van der Waals surface area contributed by atoms with Crippen molar-refractivity contribution in [3.63, 3.8) is 0 Å². The molecule has 1 aromatic carbocycles. The van der Waals surface area contributed by atoms with E-state index in [0.717, 1.165) is 0 Å². The molecule has 0 aliphatic heterocycles. The number of esters is 1. The standard InChI is InChI=1S/C15H19BrO5S/c1-4-6-11-12(15(17)20-2)7-8-13(16)14(11)21-9-5-10-22(3,18)19/h4,7-8H,1,5-6,9-10H2,2-3H3. The zero-order chi connectivity index (χ0) is 16.8. The van der Waals surface area contributed by atoms with E-state index in [0.29, 0.717) is 34.2 Å². The fourth-order valence-electron chi connectivity index (χ4n) is 1.90. The van der Waals surface area contributed by atoms with Crippen LogP contribution < -0.4 is 4.74 Å². The summed E-state index contributed by atoms with van der Waals surface area (Å²) in [5.74, 6) is 0.111. The van der Waals surface area contributed by atoms with E-state index in [1.807, 2.05) is 0 Å². The van der Waals surface area contributed by atoms with Gasteiger partial charge < -0.3 is 9.47 Å². The van der Waals surface area contributed by atoms with Crippen LogP contribution in [0.4, 0.5) is 0 Å². The molecule has 0 radical (unpaired) electrons. The third-order valence-corrected chi connectivity index (χ3v) is 4.53. The van der Waals surface area contributed by atoms with Crippen molar-refractivity contribution in [2.75, 3.05) is 25.7 Å². The zero-order valence-electron chi connectivity index (χ0n) is 12.6. The van der Waals surface area contributed by atoms with Gasteiger partial charge in [-0.1, -0.05) is 6.08 Å². The minimum atomic E-state index is -3.02. The van der Waals surface area contributed by atoms with Gasteiger partial charge in [0.15, 0.2) is 0 Å². The van der Waals surface area contributed by atoms with Gasteiger partial charge in [0.05, 0.1) is 29.5 Å². The molecule has 0 aliphatic carbocycles. The Balaban J connectivity index is 3.00. The maximum atomic E-state index is 11.8. The molecule has 0 spiro atoms. The molecule has 5 nitrogen and oxygen atoms in total. The summed E-state index contributed by atoms with van der Waals surface area (Å²) in [6.07, 6.45) is 3.66. The molecule has 0 bridgehead atoms. The van der Waals surface area contributed by atoms with Crippen LogP contribution in [-0.2, 0) is 21.0 Å². The van der Waals surface area contributed by atoms with E-state index >= 15 is 0 Å². The Morgan fingerprint density at radius 1 is 1.41 bits per heavy atom. The van der Waals surface area contributed by atoms with Crippen molar-refractivity contribution in [2.24, 2.45) is 0 Å². The Morgan fingerprint density at radius 3 is 2.64 bits per heavy atom. The van der Waals surface area contributed by atoms with Crippen LogP contribution in [0.3, 0.4) is 0 Å². The van der Waals surface area contributed by atoms with Gasteiger partial charge in [-0.05, 0) is 40.9 Å². The Kier molecular flexibility index (Phi) is 7.09. The molecular weight excluding hydrogens is 372 g/mol. The van der Waals surface area contributed by atoms with Crippen LogP contribution in [0.15, 0.2) is 29.3 Å². The number of carbonyl (C=O) groups excluding carboxylic acids is 1. The lowest BCUT2D eigenvalue weighted by Gasteiger charge is -2.15. The van der Waals surface area contributed by atoms with Gasteiger partial charge >= 0.3 is 5.97 Å². The predicted octanol–water partition coefficient (Wildman–Crippen LogP) is 2.78. The molecule has 122 valence electrons. The largest absolute Gasteiger partial charge is 0.492 e. The maximum absolute atomic E-state index is 11.8. The van der Waals surface area contributed by atoms with Crippen LogP contribution >= 0.6 is 15.9 Å². The van der Waals surface area contributed by atoms with Gasteiger partial charge in [-0.15, -0.1) is 6.58 Å². The van der Waals surface area contributed by atoms with Crippen molar-refractivity contribution in [3.8, 4) is 5.75 Å². The number of halogens is 1. The SMILES string of the molecule is C=CCc1c(C(=O)OC)ccc(Br)c1OCCCS(C)(=O)=O. The highest BCUT2D eigenvalue weighted by Gasteiger charge is 2.18. The molecule has 1 rings (SSSR count). The average Bonchev–Trinajstić information content (AvgIpc) is 2.44. The Hall–Kier alpha value is -1.34. The molecule has 0 amide bonds. The summed E-state index contributed by atoms with van der Waals surface area (Å²) in [5, 5.41) is 0. The second kappa shape index (κ2) is 8.33. The van der Waals surface area contributed by atoms with Crippen LogP contribution in [-0.4, -0.2) is 40.1 Å². The quantitative estimate of drug-likeness (QED) is 0.387. The number of allylic oxidation sites excluding steroid dienone is 1. The first kappa shape index (κ1) is 18.7. The molecule has 7 heteroatoms. The van der Waals surface area contributed by atoms with Crippen molar-refractivity contribution in [2.45, 2.75) is 12.8 Å². The molecule has 0 saturated carbocycles. The van der Waals surface area contributed by atoms with Crippen molar-refractivity contribution < 1.29 is 22.7 Å². The second-order valence-electron chi connectivity index (χ2n) is 4.72. The van der Waals surface area contributed by atoms with Crippen LogP contribution in [0, 0.1) is 0 Å². The first-order valence-electron chi connectivity index (χ1n) is 6.61. The summed E-state index contributed by atoms with van der Waals surface area (Å²) in [4.78, 5) is 11.8. The van der Waals surface area contributed by atoms with E-state index in [4.69, 9.17) is 9.47 Å². The summed E-state index contributed by atoms with van der Waals surface area (Å²) >= 11 is 3.38. The van der Waals surface area contributed by atoms with Crippen molar-refractivity contribution in [1.82, 2.24) is 0 Å². The third-order valence-electron chi connectivity index (χ3n) is 2.87. The molecule has 0 aliphatic rings. The van der Waals surface area contributed by atoms with Crippen LogP contribution in [0.1, 0.15) is 22.3 Å². The number of ether oxygens (including phenoxy) is 2. The maximum Gasteiger partial charge on any atom is 0.338 e. The number of carbonyl (C=O) groups is 1. The molecule has 0 fully saturated rings. The van der Waals surface area contributed by atoms with E-state index in [2.05, 4.69) is 22.5 Å². The normalized spacial score (nSPS) is 11.0. The number of methoxy groups -OCH3 is 1. The Morgan fingerprint density at radius 2 is 2.09 bits per heavy atom. The van der Waals surface area contributed by atoms with Crippen LogP contribution in [0.25, 0.3) is 0 Å². The van der Waals surface area contributed by atoms with Crippen molar-refractivity contribution in [1.29, 1.82) is 0 Å². The lowest BCUT2D eigenvalue weighted by molar-refractivity contribution is 0.0599. The number of hydrogen-bond donors (Lipinski definition) is 0. The number of benzene rings is 1. The van der Waals surface area contributed by atoms with E-state index in [-0.39, 0.29) is 12.4 Å². The van der Waals surface area contributed by atoms with E-state index in [1.54, 1.807) is 18.2 Å². The highest BCUT2D eigenvalue weighted by Crippen LogP contribution is 2.33. The van der Waals surface area contributed by atoms with Crippen LogP contribution in [0.5, 0.6) is 5.75 Å². The lowest BCUT2D eigenvalue weighted by Crippen LogP contribution is -2.11. The fraction of sp³-hybridized carbons (Fsp3) is 0.400. The van der Waals surface area contributed by atoms with Gasteiger partial charge in [-0.25, -0.2) is 13.2 Å². The molecular formula is C15H19BrO5S. The number of hydrogen-bond acceptors (Lipinski definition) is 5. The smallest absolute Gasteiger partial charge is 0.338 e. The van der Waals surface area contributed by atoms with Gasteiger partial charge in [0.2, 0.25) is 0 Å². The summed E-state index contributed by atoms with van der Waals surface area (Å²) in [5.41, 5.74) is 1.07. The fourth-order valence-corrected chi connectivity index (χ4v) is 3.03. The first-order chi connectivity index (χ1) is 10.3. The van der Waals surface area contributed by atoms with Gasteiger partial charge in [-0.3, -0.25) is 0 Å². The Bertz CT molecular complexity index is 652. The number of rotatable bonds is 8. The summed E-state index contributed by atoms with van der Waals surface area (Å²) in [6, 6.07) is 3.35. The van der Waals surface area contributed by atoms with E-state index < -0.39 is 15.8 Å². The van der Waals surface area contributed by atoms with E-state index in [1.165, 1.54) is 13.4 Å². The molecule has 0 unspecified atom stereocenters. The molecule has 0 saturated heterocycles. The highest BCUT2D eigenvalue weighted by atomic mass is 79.9. The zero-order valence-corrected chi connectivity index (χ0v) is 15.0. The molecule has 0 aromatic heterocycles. The van der Waals surface area contributed by atoms with Gasteiger partial charge in [0, 0.05) is 11.8 Å². The average molecular weight is 391 g/mol. The lowest BCUT2D eigenvalue weighted by atomic mass is 10.0. The monoisotopic (exact) mass is 390 g/mol. The molecule has 22 heavy (non-hydrogen) atoms. The van der Waals surface area contributed by atoms with Gasteiger partial charge in [-0.2, -0.15) is 0 Å². The third kappa shape index (κ3) is 5.46. The van der Waals surface area contributed by atoms with Crippen LogP contribution in [0.2, 0.25) is 0 Å². The predicted molar refractivity (Wildman–Crippen MR) is 89.2 cm³/mol. The van der Waals surface area contributed by atoms with Crippen molar-refractivity contribution in [3.05, 3.63) is 40.4 Å². The topological polar surface area (TPSA) is 69.7 Å². The summed E-state index contributed by atoms with van der Waals surface area (Å²) in [7, 11) is -1.70. The van der Waals surface area contributed by atoms with E-state index in [9.17, 15) is 13.2 Å². The molecule has 0 heterocycles. The molecule has 0 N–H and O–H groups in total. The van der Waals surface area contributed by atoms with Crippen molar-refractivity contribution >= 4 is 31.7 Å². The summed E-state index contributed by atoms with van der Waals surface area (Å²) in [6.45, 7) is 3.92. The first-order valence-corrected chi connectivity index (χ1v) is 9.46. The van der Waals surface area contributed by atoms with Gasteiger partial charge in [0.1, 0.15) is 15.6 Å². The highest BCUT2D eigenvalue weighted by molar-refractivity contribution is 9.10. The molecule has 0 atom stereocenters. The molecule has 1 aromatic rings. The second-order valence-corrected chi connectivity index (χ2v) is 7.83. The Labute approximate surface area is 139 Å². The summed E-state index contributed by atoms with van der Waals surface area (Å²) < 4.78 is 33.4. The minimum Gasteiger partial charge on any atom is -0.492 e. The van der Waals surface area contributed by atoms with Gasteiger partial charge in [0.25, 0.3) is 0 Å². The minimum absolute atomic E-state index is 0.0537.